The Bertz CT molecular complexity index is 563. The second kappa shape index (κ2) is 4.49. The van der Waals surface area contributed by atoms with Crippen molar-refractivity contribution in [3.05, 3.63) is 22.3 Å². The Balaban J connectivity index is 3.38. The first-order valence-corrected chi connectivity index (χ1v) is 3.45. The molecule has 1 atom stereocenters. The van der Waals surface area contributed by atoms with Crippen molar-refractivity contribution in [1.29, 1.82) is 0 Å². The molecule has 0 saturated heterocycles. The van der Waals surface area contributed by atoms with E-state index in [9.17, 15) is 5.11 Å². The van der Waals surface area contributed by atoms with Crippen LogP contribution in [0.15, 0.2) is 17.4 Å². The lowest BCUT2D eigenvalue weighted by Gasteiger charge is -2.06. The average molecular weight is 182 g/mol. The van der Waals surface area contributed by atoms with Crippen LogP contribution in [-0.4, -0.2) is 18.6 Å². The molecule has 62 valence electrons. The maximum Gasteiger partial charge on any atom is 0.0894 e. The van der Waals surface area contributed by atoms with Crippen LogP contribution < -0.4 is 5.32 Å². The molecule has 0 fully saturated rings. The number of nitrogens with one attached hydrogen (secondary N) is 1. The molecule has 0 unspecified atom stereocenters. The lowest BCUT2D eigenvalue weighted by atomic mass is 10.2. The van der Waals surface area contributed by atoms with Crippen molar-refractivity contribution in [3.63, 3.8) is 0 Å². The highest BCUT2D eigenvalue weighted by Gasteiger charge is 2.06. The number of thiophene rings is 1. The van der Waals surface area contributed by atoms with Gasteiger partial charge in [-0.25, -0.2) is 0 Å². The summed E-state index contributed by atoms with van der Waals surface area (Å²) in [5, 5.41) is 11.0. The molecule has 0 aliphatic carbocycles. The van der Waals surface area contributed by atoms with Crippen LogP contribution in [0.3, 0.4) is 0 Å². The van der Waals surface area contributed by atoms with E-state index in [1.165, 1.54) is 5.32 Å². The fourth-order valence-corrected chi connectivity index (χ4v) is 0.893. The summed E-state index contributed by atoms with van der Waals surface area (Å²) in [5.41, 5.74) is 0. The molecular formula is C8H13NOS. The average Bonchev–Trinajstić information content (AvgIpc) is 2.53. The first-order valence-electron chi connectivity index (χ1n) is 8.13. The summed E-state index contributed by atoms with van der Waals surface area (Å²) in [6.45, 7) is -6.43. The van der Waals surface area contributed by atoms with Crippen molar-refractivity contribution in [2.45, 2.75) is 12.5 Å². The van der Waals surface area contributed by atoms with Crippen molar-refractivity contribution < 1.29 is 20.2 Å². The Kier molecular flexibility index (Phi) is 0.858. The molecule has 1 rings (SSSR count). The molecule has 0 spiro atoms. The summed E-state index contributed by atoms with van der Waals surface area (Å²) in [6, 6.07) is -1.41. The molecule has 0 saturated carbocycles. The highest BCUT2D eigenvalue weighted by Crippen LogP contribution is 2.20. The molecule has 2 nitrogen and oxygen atoms in total. The fraction of sp³-hybridized carbons (Fsp3) is 0.500. The number of hydrogen-bond acceptors (Lipinski definition) is 3. The van der Waals surface area contributed by atoms with Crippen molar-refractivity contribution in [2.75, 3.05) is 13.5 Å². The molecule has 0 bridgehead atoms. The van der Waals surface area contributed by atoms with Crippen LogP contribution in [0.2, 0.25) is 0 Å². The van der Waals surface area contributed by atoms with Gasteiger partial charge in [-0.3, -0.25) is 0 Å². The SMILES string of the molecule is [2H]c1sc([C@@]([2H])(O)C([2H])([2H])C([2H])([2H])NC([2H])([2H])[2H])c([2H])c1[2H]. The summed E-state index contributed by atoms with van der Waals surface area (Å²) in [4.78, 5) is -0.747. The monoisotopic (exact) mass is 182 g/mol. The first-order chi connectivity index (χ1) is 9.54. The van der Waals surface area contributed by atoms with E-state index in [-0.39, 0.29) is 11.3 Å². The Morgan fingerprint density at radius 2 is 3.09 bits per heavy atom. The molecule has 0 aliphatic rings. The van der Waals surface area contributed by atoms with Crippen LogP contribution in [0, 0.1) is 0 Å². The van der Waals surface area contributed by atoms with Gasteiger partial charge in [0.1, 0.15) is 0 Å². The van der Waals surface area contributed by atoms with Crippen LogP contribution in [0.5, 0.6) is 0 Å². The maximum atomic E-state index is 10.1. The predicted octanol–water partition coefficient (Wildman–Crippen LogP) is 1.39. The molecule has 2 N–H and O–H groups in total. The number of aliphatic hydroxyl groups is 1. The Labute approximate surface area is 86.3 Å². The largest absolute Gasteiger partial charge is 0.388 e. The Hall–Kier alpha value is -0.380. The van der Waals surface area contributed by atoms with Crippen LogP contribution in [0.4, 0.5) is 0 Å². The van der Waals surface area contributed by atoms with E-state index in [1.807, 2.05) is 0 Å². The lowest BCUT2D eigenvalue weighted by Crippen LogP contribution is -2.11. The van der Waals surface area contributed by atoms with E-state index in [0.29, 0.717) is 0 Å². The third-order valence-corrected chi connectivity index (χ3v) is 1.54. The number of hydrogen-bond donors (Lipinski definition) is 2. The van der Waals surface area contributed by atoms with Crippen molar-refractivity contribution in [1.82, 2.24) is 5.32 Å². The van der Waals surface area contributed by atoms with Crippen molar-refractivity contribution in [2.24, 2.45) is 0 Å². The van der Waals surface area contributed by atoms with Gasteiger partial charge in [-0.15, -0.1) is 11.3 Å². The van der Waals surface area contributed by atoms with Gasteiger partial charge < -0.3 is 10.4 Å². The molecule has 0 amide bonds. The zero-order chi connectivity index (χ0) is 17.7. The van der Waals surface area contributed by atoms with E-state index >= 15 is 0 Å². The highest BCUT2D eigenvalue weighted by molar-refractivity contribution is 7.10. The maximum absolute atomic E-state index is 10.1. The highest BCUT2D eigenvalue weighted by atomic mass is 32.1. The smallest absolute Gasteiger partial charge is 0.0894 e. The zero-order valence-corrected chi connectivity index (χ0v) is 6.17. The topological polar surface area (TPSA) is 32.3 Å². The predicted molar refractivity (Wildman–Crippen MR) is 47.8 cm³/mol. The van der Waals surface area contributed by atoms with Gasteiger partial charge in [-0.05, 0) is 31.2 Å². The van der Waals surface area contributed by atoms with Gasteiger partial charge in [0.15, 0.2) is 0 Å². The zero-order valence-electron chi connectivity index (χ0n) is 16.4. The first kappa shape index (κ1) is 2.10. The lowest BCUT2D eigenvalue weighted by molar-refractivity contribution is 0.171. The van der Waals surface area contributed by atoms with Gasteiger partial charge in [0.2, 0.25) is 0 Å². The molecule has 1 aromatic rings. The van der Waals surface area contributed by atoms with Crippen molar-refractivity contribution in [3.8, 4) is 0 Å². The third-order valence-electron chi connectivity index (χ3n) is 0.839. The summed E-state index contributed by atoms with van der Waals surface area (Å²) in [5.74, 6) is 0. The van der Waals surface area contributed by atoms with E-state index < -0.39 is 48.2 Å². The molecule has 0 radical (unpaired) electrons. The van der Waals surface area contributed by atoms with Crippen LogP contribution in [0.25, 0.3) is 0 Å². The molecule has 11 heavy (non-hydrogen) atoms. The molecule has 0 aromatic carbocycles. The molecule has 1 aromatic heterocycles. The van der Waals surface area contributed by atoms with E-state index in [2.05, 4.69) is 0 Å². The normalized spacial score (nSPS) is 34.5. The van der Waals surface area contributed by atoms with Gasteiger partial charge in [-0.1, -0.05) is 6.04 Å². The van der Waals surface area contributed by atoms with Crippen LogP contribution in [0.1, 0.15) is 32.4 Å². The summed E-state index contributed by atoms with van der Waals surface area (Å²) in [6.07, 6.45) is -6.86. The van der Waals surface area contributed by atoms with Gasteiger partial charge >= 0.3 is 0 Å². The molecule has 0 aliphatic heterocycles. The van der Waals surface area contributed by atoms with E-state index in [1.54, 1.807) is 0 Å². The Morgan fingerprint density at radius 1 is 2.18 bits per heavy atom. The van der Waals surface area contributed by atoms with Crippen LogP contribution in [-0.2, 0) is 0 Å². The minimum atomic E-state index is -3.49. The second-order valence-corrected chi connectivity index (χ2v) is 2.32. The van der Waals surface area contributed by atoms with Crippen LogP contribution >= 0.6 is 11.3 Å². The minimum absolute atomic E-state index is 0.288. The van der Waals surface area contributed by atoms with Crippen molar-refractivity contribution >= 4 is 11.3 Å². The summed E-state index contributed by atoms with van der Waals surface area (Å²) >= 11 is 0.288. The molecule has 1 heterocycles. The second-order valence-electron chi connectivity index (χ2n) is 1.51. The fourth-order valence-electron chi connectivity index (χ4n) is 0.439. The van der Waals surface area contributed by atoms with Gasteiger partial charge in [0.05, 0.1) is 11.6 Å². The Morgan fingerprint density at radius 3 is 3.73 bits per heavy atom. The minimum Gasteiger partial charge on any atom is -0.388 e. The molecular weight excluding hydrogens is 158 g/mol. The van der Waals surface area contributed by atoms with E-state index in [0.717, 1.165) is 0 Å². The summed E-state index contributed by atoms with van der Waals surface area (Å²) in [7, 11) is 0. The van der Waals surface area contributed by atoms with Gasteiger partial charge in [0.25, 0.3) is 0 Å². The quantitative estimate of drug-likeness (QED) is 0.737. The summed E-state index contributed by atoms with van der Waals surface area (Å²) < 4.78 is 81.2. The standard InChI is InChI=1S/C8H13NOS/c1-9-5-4-7(10)8-3-2-6-11-8/h2-3,6-7,9-10H,4-5H2,1H3/t7-/m0/s1/i1D3,2D,3D,4D2,5D2,6D,7D. The number of rotatable bonds is 4. The van der Waals surface area contributed by atoms with Gasteiger partial charge in [0, 0.05) is 14.5 Å². The van der Waals surface area contributed by atoms with E-state index in [4.69, 9.17) is 15.1 Å². The third kappa shape index (κ3) is 2.61. The molecule has 3 heteroatoms. The van der Waals surface area contributed by atoms with Gasteiger partial charge in [-0.2, -0.15) is 0 Å².